The Kier molecular flexibility index (Phi) is 6.70. The molecule has 5 rings (SSSR count). The minimum absolute atomic E-state index is 0.132. The van der Waals surface area contributed by atoms with Crippen LogP contribution in [0.4, 0.5) is 10.3 Å². The molecule has 1 fully saturated rings. The van der Waals surface area contributed by atoms with E-state index in [9.17, 15) is 19.5 Å². The van der Waals surface area contributed by atoms with Crippen LogP contribution in [0.2, 0.25) is 0 Å². The van der Waals surface area contributed by atoms with Crippen molar-refractivity contribution in [2.45, 2.75) is 24.9 Å². The smallest absolute Gasteiger partial charge is 0.276 e. The molecule has 2 aliphatic rings. The quantitative estimate of drug-likeness (QED) is 0.134. The second-order valence-corrected chi connectivity index (χ2v) is 11.0. The predicted octanol–water partition coefficient (Wildman–Crippen LogP) is -0.951. The van der Waals surface area contributed by atoms with E-state index in [4.69, 9.17) is 16.3 Å². The monoisotopic (exact) mass is 560 g/mol. The molecule has 0 radical (unpaired) electrons. The first-order valence-electron chi connectivity index (χ1n) is 10.9. The highest BCUT2D eigenvalue weighted by Crippen LogP contribution is 2.40. The average Bonchev–Trinajstić information content (AvgIpc) is 3.46. The summed E-state index contributed by atoms with van der Waals surface area (Å²) in [6.07, 6.45) is 3.56. The maximum absolute atomic E-state index is 13.0. The number of pyridine rings is 1. The third-order valence-corrected chi connectivity index (χ3v) is 8.45. The molecule has 2 amide bonds. The van der Waals surface area contributed by atoms with Crippen molar-refractivity contribution in [3.8, 4) is 0 Å². The molecule has 1 saturated heterocycles. The Morgan fingerprint density at radius 3 is 2.86 bits per heavy atom. The number of anilines is 2. The molecular formula is C21H20N8O5S3. The minimum Gasteiger partial charge on any atom is -0.543 e. The molecule has 0 aliphatic carbocycles. The van der Waals surface area contributed by atoms with Crippen LogP contribution in [0.1, 0.15) is 12.6 Å². The van der Waals surface area contributed by atoms with Gasteiger partial charge in [-0.3, -0.25) is 14.5 Å². The average molecular weight is 561 g/mol. The van der Waals surface area contributed by atoms with Crippen molar-refractivity contribution in [2.24, 2.45) is 5.16 Å². The summed E-state index contributed by atoms with van der Waals surface area (Å²) in [6.45, 7) is 2.14. The fourth-order valence-corrected chi connectivity index (χ4v) is 6.57. The molecule has 37 heavy (non-hydrogen) atoms. The van der Waals surface area contributed by atoms with Crippen molar-refractivity contribution < 1.29 is 28.9 Å². The van der Waals surface area contributed by atoms with Crippen LogP contribution < -0.4 is 26.5 Å². The maximum Gasteiger partial charge on any atom is 0.276 e. The molecule has 5 heterocycles. The number of aliphatic carboxylic acids is 1. The van der Waals surface area contributed by atoms with E-state index >= 15 is 0 Å². The van der Waals surface area contributed by atoms with Gasteiger partial charge in [-0.2, -0.15) is 4.57 Å². The van der Waals surface area contributed by atoms with Crippen molar-refractivity contribution >= 4 is 78.4 Å². The number of nitrogens with zero attached hydrogens (tertiary/aromatic N) is 5. The molecule has 1 unspecified atom stereocenters. The number of β-lactam (4-membered cyclic amide) rings is 1. The SMILES string of the molecule is CCON=C(C(=O)NC1C(=O)N2C(C(=O)[O-])=C(C[n+]3ccc4sc(N)nc4c3)CS[C@@H]12)c1csc(N)n1. The molecule has 192 valence electrons. The summed E-state index contributed by atoms with van der Waals surface area (Å²) in [5, 5.41) is 20.2. The van der Waals surface area contributed by atoms with Gasteiger partial charge >= 0.3 is 0 Å². The van der Waals surface area contributed by atoms with Crippen molar-refractivity contribution in [1.29, 1.82) is 0 Å². The van der Waals surface area contributed by atoms with Gasteiger partial charge in [0, 0.05) is 22.8 Å². The van der Waals surface area contributed by atoms with Crippen LogP contribution >= 0.6 is 34.4 Å². The van der Waals surface area contributed by atoms with E-state index in [2.05, 4.69) is 20.4 Å². The van der Waals surface area contributed by atoms with Gasteiger partial charge in [0.05, 0.1) is 16.4 Å². The van der Waals surface area contributed by atoms with Crippen LogP contribution in [0, 0.1) is 0 Å². The highest BCUT2D eigenvalue weighted by molar-refractivity contribution is 8.00. The summed E-state index contributed by atoms with van der Waals surface area (Å²) in [5.74, 6) is -2.40. The predicted molar refractivity (Wildman–Crippen MR) is 136 cm³/mol. The van der Waals surface area contributed by atoms with Gasteiger partial charge in [-0.25, -0.2) is 9.97 Å². The van der Waals surface area contributed by atoms with Crippen LogP contribution in [0.15, 0.2) is 40.3 Å². The molecular weight excluding hydrogens is 540 g/mol. The number of thioether (sulfide) groups is 1. The topological polar surface area (TPSA) is 193 Å². The zero-order valence-electron chi connectivity index (χ0n) is 19.2. The molecule has 0 bridgehead atoms. The van der Waals surface area contributed by atoms with Gasteiger partial charge in [0.2, 0.25) is 0 Å². The Morgan fingerprint density at radius 1 is 1.35 bits per heavy atom. The number of hydrogen-bond donors (Lipinski definition) is 3. The van der Waals surface area contributed by atoms with E-state index in [-0.39, 0.29) is 35.4 Å². The Balaban J connectivity index is 1.35. The van der Waals surface area contributed by atoms with Gasteiger partial charge in [-0.1, -0.05) is 16.5 Å². The van der Waals surface area contributed by atoms with Crippen LogP contribution in [-0.2, 0) is 25.8 Å². The number of hydrogen-bond acceptors (Lipinski definition) is 13. The van der Waals surface area contributed by atoms with E-state index in [1.54, 1.807) is 29.3 Å². The van der Waals surface area contributed by atoms with Gasteiger partial charge in [-0.05, 0) is 6.92 Å². The van der Waals surface area contributed by atoms with Crippen LogP contribution in [0.25, 0.3) is 10.2 Å². The lowest BCUT2D eigenvalue weighted by molar-refractivity contribution is -0.687. The highest BCUT2D eigenvalue weighted by atomic mass is 32.2. The molecule has 0 aromatic carbocycles. The van der Waals surface area contributed by atoms with E-state index in [0.29, 0.717) is 22.0 Å². The number of oxime groups is 1. The summed E-state index contributed by atoms with van der Waals surface area (Å²) < 4.78 is 2.69. The molecule has 3 aromatic heterocycles. The molecule has 0 spiro atoms. The Morgan fingerprint density at radius 2 is 2.16 bits per heavy atom. The van der Waals surface area contributed by atoms with Crippen LogP contribution in [0.3, 0.4) is 0 Å². The summed E-state index contributed by atoms with van der Waals surface area (Å²) in [4.78, 5) is 52.6. The summed E-state index contributed by atoms with van der Waals surface area (Å²) in [7, 11) is 0. The minimum atomic E-state index is -1.46. The second kappa shape index (κ2) is 9.95. The lowest BCUT2D eigenvalue weighted by atomic mass is 10.0. The number of aromatic nitrogens is 3. The lowest BCUT2D eigenvalue weighted by Gasteiger charge is -2.50. The molecule has 2 atom stereocenters. The number of nitrogens with one attached hydrogen (secondary N) is 1. The third-order valence-electron chi connectivity index (χ3n) is 5.57. The second-order valence-electron chi connectivity index (χ2n) is 7.95. The number of nitrogen functional groups attached to an aromatic ring is 2. The van der Waals surface area contributed by atoms with Gasteiger partial charge in [0.15, 0.2) is 34.9 Å². The number of carbonyl (C=O) groups is 3. The molecule has 5 N–H and O–H groups in total. The lowest BCUT2D eigenvalue weighted by Crippen LogP contribution is -2.71. The first kappa shape index (κ1) is 24.9. The van der Waals surface area contributed by atoms with E-state index in [0.717, 1.165) is 20.9 Å². The van der Waals surface area contributed by atoms with Gasteiger partial charge in [0.25, 0.3) is 11.8 Å². The molecule has 13 nitrogen and oxygen atoms in total. The number of nitrogens with two attached hydrogens (primary N) is 2. The largest absolute Gasteiger partial charge is 0.543 e. The molecule has 16 heteroatoms. The van der Waals surface area contributed by atoms with Crippen LogP contribution in [0.5, 0.6) is 0 Å². The number of carbonyl (C=O) groups excluding carboxylic acids is 3. The number of carboxylic acids is 1. The Labute approximate surface area is 221 Å². The normalized spacial score (nSPS) is 19.5. The first-order valence-corrected chi connectivity index (χ1v) is 13.7. The number of rotatable bonds is 8. The number of thiazole rings is 2. The molecule has 0 saturated carbocycles. The fourth-order valence-electron chi connectivity index (χ4n) is 3.99. The van der Waals surface area contributed by atoms with E-state index in [1.165, 1.54) is 23.1 Å². The molecule has 2 aliphatic heterocycles. The summed E-state index contributed by atoms with van der Waals surface area (Å²) >= 11 is 3.82. The first-order chi connectivity index (χ1) is 17.8. The van der Waals surface area contributed by atoms with E-state index < -0.39 is 29.2 Å². The van der Waals surface area contributed by atoms with Crippen molar-refractivity contribution in [3.63, 3.8) is 0 Å². The number of carboxylic acid groups (broad SMARTS) is 1. The van der Waals surface area contributed by atoms with Gasteiger partial charge in [0.1, 0.15) is 29.2 Å². The van der Waals surface area contributed by atoms with Crippen molar-refractivity contribution in [3.05, 3.63) is 40.8 Å². The Bertz CT molecular complexity index is 1480. The van der Waals surface area contributed by atoms with Gasteiger partial charge in [-0.15, -0.1) is 23.1 Å². The summed E-state index contributed by atoms with van der Waals surface area (Å²) in [6, 6.07) is 0.886. The number of amides is 2. The zero-order valence-corrected chi connectivity index (χ0v) is 21.7. The van der Waals surface area contributed by atoms with Crippen molar-refractivity contribution in [1.82, 2.24) is 20.2 Å². The van der Waals surface area contributed by atoms with Crippen LogP contribution in [-0.4, -0.2) is 62.1 Å². The third kappa shape index (κ3) is 4.70. The highest BCUT2D eigenvalue weighted by Gasteiger charge is 2.53. The van der Waals surface area contributed by atoms with Crippen molar-refractivity contribution in [2.75, 3.05) is 23.8 Å². The Hall–Kier alpha value is -3.76. The zero-order chi connectivity index (χ0) is 26.3. The fraction of sp³-hybridized carbons (Fsp3) is 0.286. The van der Waals surface area contributed by atoms with Gasteiger partial charge < -0.3 is 31.5 Å². The summed E-state index contributed by atoms with van der Waals surface area (Å²) in [5.41, 5.74) is 12.5. The standard InChI is InChI=1S/C21H20N8O5S3/c1-2-34-27-13(11-8-36-20(22)25-11)16(30)26-14-17(31)29-15(19(32)33)9(7-35-18(14)29)5-28-4-3-12-10(6-28)24-21(23)37-12/h3-4,6,8,14,18H,2,5,7H2,1H3,(H5-,22,23,24,25,26,30,32,33)/t14?,18-/m0/s1. The van der Waals surface area contributed by atoms with E-state index in [1.807, 2.05) is 6.07 Å². The molecule has 3 aromatic rings. The number of fused-ring (bicyclic) bond motifs is 2. The maximum atomic E-state index is 13.0.